The van der Waals surface area contributed by atoms with Crippen LogP contribution in [0.15, 0.2) is 12.2 Å². The molecule has 3 atom stereocenters. The van der Waals surface area contributed by atoms with Crippen LogP contribution in [0.4, 0.5) is 0 Å². The zero-order valence-corrected chi connectivity index (χ0v) is 29.7. The van der Waals surface area contributed by atoms with Crippen molar-refractivity contribution in [3.05, 3.63) is 12.2 Å². The number of allylic oxidation sites excluding steroid dienone is 2. The summed E-state index contributed by atoms with van der Waals surface area (Å²) in [6.45, 7) is 9.00. The predicted molar refractivity (Wildman–Crippen MR) is 184 cm³/mol. The van der Waals surface area contributed by atoms with E-state index >= 15 is 0 Å². The van der Waals surface area contributed by atoms with E-state index in [1.165, 1.54) is 96.3 Å². The number of rotatable bonds is 33. The molecule has 0 aliphatic rings. The van der Waals surface area contributed by atoms with Gasteiger partial charge in [0.2, 0.25) is 0 Å². The Kier molecular flexibility index (Phi) is 27.2. The van der Waals surface area contributed by atoms with Crippen LogP contribution >= 0.6 is 0 Å². The van der Waals surface area contributed by atoms with Crippen LogP contribution in [0.3, 0.4) is 0 Å². The number of hydrogen-bond donors (Lipinski definition) is 2. The van der Waals surface area contributed by atoms with Crippen LogP contribution in [-0.4, -0.2) is 58.8 Å². The van der Waals surface area contributed by atoms with E-state index in [1.54, 1.807) is 6.92 Å². The molecule has 45 heavy (non-hydrogen) atoms. The third kappa shape index (κ3) is 22.3. The van der Waals surface area contributed by atoms with E-state index in [-0.39, 0.29) is 24.1 Å². The Balaban J connectivity index is 4.46. The molecule has 0 saturated carbocycles. The Hall–Kier alpha value is -1.89. The monoisotopic (exact) mass is 638 g/mol. The molecule has 0 aliphatic carbocycles. The Morgan fingerprint density at radius 1 is 0.533 bits per heavy atom. The lowest BCUT2D eigenvalue weighted by Gasteiger charge is -2.44. The molecule has 0 aromatic heterocycles. The molecule has 0 saturated heterocycles. The number of hydrogen-bond acceptors (Lipinski definition) is 4. The van der Waals surface area contributed by atoms with Crippen LogP contribution < -0.4 is 5.11 Å². The number of carboxylic acid groups (broad SMARTS) is 3. The molecular weight excluding hydrogens is 566 g/mol. The van der Waals surface area contributed by atoms with Gasteiger partial charge in [-0.1, -0.05) is 130 Å². The van der Waals surface area contributed by atoms with Gasteiger partial charge < -0.3 is 24.6 Å². The lowest BCUT2D eigenvalue weighted by Crippen LogP contribution is -2.59. The maximum Gasteiger partial charge on any atom is 0.312 e. The van der Waals surface area contributed by atoms with Crippen molar-refractivity contribution in [2.45, 2.75) is 169 Å². The van der Waals surface area contributed by atoms with Gasteiger partial charge in [-0.2, -0.15) is 0 Å². The Labute approximate surface area is 276 Å². The minimum Gasteiger partial charge on any atom is -0.550 e. The van der Waals surface area contributed by atoms with Crippen LogP contribution in [0, 0.1) is 17.8 Å². The molecule has 0 amide bonds. The summed E-state index contributed by atoms with van der Waals surface area (Å²) in [4.78, 5) is 35.9. The lowest BCUT2D eigenvalue weighted by atomic mass is 9.95. The molecule has 0 aromatic carbocycles. The summed E-state index contributed by atoms with van der Waals surface area (Å²) in [5.74, 6) is -4.94. The van der Waals surface area contributed by atoms with Gasteiger partial charge in [0.15, 0.2) is 0 Å². The minimum absolute atomic E-state index is 0.221. The van der Waals surface area contributed by atoms with Crippen molar-refractivity contribution in [1.29, 1.82) is 0 Å². The van der Waals surface area contributed by atoms with Gasteiger partial charge in [0.05, 0.1) is 32.1 Å². The van der Waals surface area contributed by atoms with E-state index < -0.39 is 35.7 Å². The topological polar surface area (TPSA) is 115 Å². The second-order valence-corrected chi connectivity index (χ2v) is 13.6. The molecular formula is C38H71NO6. The largest absolute Gasteiger partial charge is 0.550 e. The van der Waals surface area contributed by atoms with Crippen LogP contribution in [0.25, 0.3) is 0 Å². The highest BCUT2D eigenvalue weighted by atomic mass is 16.4. The maximum absolute atomic E-state index is 12.0. The Morgan fingerprint density at radius 2 is 0.867 bits per heavy atom. The van der Waals surface area contributed by atoms with Gasteiger partial charge in [0.25, 0.3) is 0 Å². The van der Waals surface area contributed by atoms with E-state index in [1.807, 2.05) is 13.8 Å². The molecule has 0 heterocycles. The normalized spacial score (nSPS) is 15.1. The molecule has 0 spiro atoms. The van der Waals surface area contributed by atoms with Gasteiger partial charge in [-0.15, -0.1) is 0 Å². The fourth-order valence-corrected chi connectivity index (χ4v) is 6.68. The number of carboxylic acids is 3. The molecule has 0 radical (unpaired) electrons. The van der Waals surface area contributed by atoms with Gasteiger partial charge in [0.1, 0.15) is 11.8 Å². The molecule has 0 aliphatic heterocycles. The van der Waals surface area contributed by atoms with Crippen molar-refractivity contribution < 1.29 is 34.2 Å². The van der Waals surface area contributed by atoms with Crippen molar-refractivity contribution in [3.63, 3.8) is 0 Å². The average Bonchev–Trinajstić information content (AvgIpc) is 3.01. The molecule has 2 N–H and O–H groups in total. The maximum atomic E-state index is 12.0. The number of carbonyl (C=O) groups is 3. The summed E-state index contributed by atoms with van der Waals surface area (Å²) in [6.07, 6.45) is 29.8. The van der Waals surface area contributed by atoms with Crippen molar-refractivity contribution >= 4 is 17.9 Å². The van der Waals surface area contributed by atoms with Gasteiger partial charge in [-0.05, 0) is 51.4 Å². The minimum atomic E-state index is -1.14. The zero-order valence-electron chi connectivity index (χ0n) is 29.7. The van der Waals surface area contributed by atoms with Gasteiger partial charge in [0, 0.05) is 5.92 Å². The first kappa shape index (κ1) is 43.1. The SMILES string of the molecule is CC/C=C/CCCCCCCCCCCCCCCCCCC[N+](CC(CC)C(=O)[O-])(CC(CC)C(=O)O)CC(CC)C(=O)O. The van der Waals surface area contributed by atoms with Gasteiger partial charge >= 0.3 is 11.9 Å². The summed E-state index contributed by atoms with van der Waals surface area (Å²) < 4.78 is 0.221. The molecule has 0 aromatic rings. The fourth-order valence-electron chi connectivity index (χ4n) is 6.68. The first-order valence-electron chi connectivity index (χ1n) is 18.8. The standard InChI is InChI=1S/C38H71NO6/c1-5-9-10-11-12-13-14-15-16-17-18-19-20-21-22-23-24-25-26-27-28-29-39(30-33(6-2)36(40)41,31-34(7-3)37(42)43)32-35(8-4)38(44)45/h9-10,33-35H,5-8,11-32H2,1-4H3,(H2-,40,41,42,43,44,45)/b10-9+. The summed E-state index contributed by atoms with van der Waals surface area (Å²) in [7, 11) is 0. The van der Waals surface area contributed by atoms with Crippen molar-refractivity contribution in [2.75, 3.05) is 26.2 Å². The second-order valence-electron chi connectivity index (χ2n) is 13.6. The number of carbonyl (C=O) groups excluding carboxylic acids is 1. The second kappa shape index (κ2) is 28.3. The summed E-state index contributed by atoms with van der Waals surface area (Å²) in [5.41, 5.74) is 0. The number of nitrogens with zero attached hydrogens (tertiary/aromatic N) is 1. The molecule has 3 unspecified atom stereocenters. The van der Waals surface area contributed by atoms with E-state index in [0.717, 1.165) is 25.7 Å². The number of quaternary nitrogens is 1. The van der Waals surface area contributed by atoms with Crippen molar-refractivity contribution in [1.82, 2.24) is 0 Å². The highest BCUT2D eigenvalue weighted by Gasteiger charge is 2.39. The molecule has 0 rings (SSSR count). The Morgan fingerprint density at radius 3 is 1.18 bits per heavy atom. The first-order valence-corrected chi connectivity index (χ1v) is 18.8. The van der Waals surface area contributed by atoms with Crippen LogP contribution in [0.1, 0.15) is 169 Å². The number of unbranched alkanes of at least 4 members (excludes halogenated alkanes) is 17. The average molecular weight is 638 g/mol. The smallest absolute Gasteiger partial charge is 0.312 e. The lowest BCUT2D eigenvalue weighted by molar-refractivity contribution is -0.935. The first-order chi connectivity index (χ1) is 21.7. The van der Waals surface area contributed by atoms with Gasteiger partial charge in [-0.3, -0.25) is 9.59 Å². The molecule has 264 valence electrons. The number of aliphatic carboxylic acids is 3. The summed E-state index contributed by atoms with van der Waals surface area (Å²) >= 11 is 0. The molecule has 0 fully saturated rings. The highest BCUT2D eigenvalue weighted by Crippen LogP contribution is 2.25. The fraction of sp³-hybridized carbons (Fsp3) is 0.868. The van der Waals surface area contributed by atoms with E-state index in [4.69, 9.17) is 0 Å². The van der Waals surface area contributed by atoms with E-state index in [0.29, 0.717) is 25.8 Å². The van der Waals surface area contributed by atoms with Crippen molar-refractivity contribution in [3.8, 4) is 0 Å². The Bertz CT molecular complexity index is 722. The van der Waals surface area contributed by atoms with Crippen molar-refractivity contribution in [2.24, 2.45) is 17.8 Å². The van der Waals surface area contributed by atoms with Crippen LogP contribution in [0.2, 0.25) is 0 Å². The molecule has 7 nitrogen and oxygen atoms in total. The quantitative estimate of drug-likeness (QED) is 0.0422. The van der Waals surface area contributed by atoms with Gasteiger partial charge in [-0.25, -0.2) is 0 Å². The summed E-state index contributed by atoms with van der Waals surface area (Å²) in [5, 5.41) is 31.6. The van der Waals surface area contributed by atoms with Crippen LogP contribution in [0.5, 0.6) is 0 Å². The van der Waals surface area contributed by atoms with E-state index in [9.17, 15) is 29.7 Å². The molecule has 0 bridgehead atoms. The molecule has 7 heteroatoms. The van der Waals surface area contributed by atoms with Crippen LogP contribution in [-0.2, 0) is 14.4 Å². The highest BCUT2D eigenvalue weighted by molar-refractivity contribution is 5.70. The van der Waals surface area contributed by atoms with E-state index in [2.05, 4.69) is 19.1 Å². The third-order valence-electron chi connectivity index (χ3n) is 9.74. The predicted octanol–water partition coefficient (Wildman–Crippen LogP) is 8.79. The third-order valence-corrected chi connectivity index (χ3v) is 9.74. The summed E-state index contributed by atoms with van der Waals surface area (Å²) in [6, 6.07) is 0. The zero-order chi connectivity index (χ0) is 33.8.